The molecule has 0 unspecified atom stereocenters. The highest BCUT2D eigenvalue weighted by molar-refractivity contribution is 6.30. The van der Waals surface area contributed by atoms with Crippen molar-refractivity contribution in [2.45, 2.75) is 13.0 Å². The third kappa shape index (κ3) is 5.06. The van der Waals surface area contributed by atoms with E-state index in [1.807, 2.05) is 0 Å². The van der Waals surface area contributed by atoms with Gasteiger partial charge in [-0.1, -0.05) is 29.8 Å². The maximum atomic E-state index is 11.9. The van der Waals surface area contributed by atoms with Crippen LogP contribution < -0.4 is 10.2 Å². The molecule has 24 heavy (non-hydrogen) atoms. The Morgan fingerprint density at radius 2 is 2.04 bits per heavy atom. The predicted molar refractivity (Wildman–Crippen MR) is 90.4 cm³/mol. The molecule has 2 aromatic rings. The number of halogens is 1. The molecule has 7 nitrogen and oxygen atoms in total. The number of nitro groups is 1. The van der Waals surface area contributed by atoms with Gasteiger partial charge in [-0.3, -0.25) is 14.9 Å². The lowest BCUT2D eigenvalue weighted by Gasteiger charge is -2.12. The van der Waals surface area contributed by atoms with Crippen molar-refractivity contribution in [1.29, 1.82) is 0 Å². The fourth-order valence-electron chi connectivity index (χ4n) is 1.74. The molecule has 2 rings (SSSR count). The number of ether oxygens (including phenoxy) is 1. The first-order valence-corrected chi connectivity index (χ1v) is 7.33. The second-order valence-electron chi connectivity index (χ2n) is 4.80. The Morgan fingerprint density at radius 3 is 2.71 bits per heavy atom. The van der Waals surface area contributed by atoms with Crippen molar-refractivity contribution in [1.82, 2.24) is 5.43 Å². The molecule has 0 spiro atoms. The molecule has 124 valence electrons. The number of nitrogens with one attached hydrogen (secondary N) is 1. The summed E-state index contributed by atoms with van der Waals surface area (Å²) in [6.45, 7) is 1.52. The number of hydrogen-bond donors (Lipinski definition) is 1. The zero-order valence-corrected chi connectivity index (χ0v) is 13.4. The summed E-state index contributed by atoms with van der Waals surface area (Å²) >= 11 is 5.77. The zero-order chi connectivity index (χ0) is 17.5. The van der Waals surface area contributed by atoms with E-state index in [0.29, 0.717) is 5.02 Å². The number of amides is 1. The van der Waals surface area contributed by atoms with E-state index in [-0.39, 0.29) is 11.4 Å². The van der Waals surface area contributed by atoms with Crippen LogP contribution in [0, 0.1) is 10.1 Å². The summed E-state index contributed by atoms with van der Waals surface area (Å²) in [5, 5.41) is 15.1. The van der Waals surface area contributed by atoms with Crippen LogP contribution in [0.2, 0.25) is 5.02 Å². The number of rotatable bonds is 6. The molecule has 0 aliphatic carbocycles. The molecule has 0 heterocycles. The van der Waals surface area contributed by atoms with Gasteiger partial charge in [0.05, 0.1) is 17.2 Å². The molecule has 0 radical (unpaired) electrons. The van der Waals surface area contributed by atoms with Crippen molar-refractivity contribution < 1.29 is 14.5 Å². The van der Waals surface area contributed by atoms with Gasteiger partial charge in [-0.25, -0.2) is 5.43 Å². The van der Waals surface area contributed by atoms with Crippen molar-refractivity contribution in [3.8, 4) is 5.75 Å². The maximum absolute atomic E-state index is 11.9. The SMILES string of the molecule is C[C@H](Oc1cccc([N+](=O)[O-])c1)C(=O)N/N=C\c1ccc(Cl)cc1. The summed E-state index contributed by atoms with van der Waals surface area (Å²) in [5.41, 5.74) is 3.00. The maximum Gasteiger partial charge on any atom is 0.280 e. The van der Waals surface area contributed by atoms with Gasteiger partial charge in [0.2, 0.25) is 0 Å². The van der Waals surface area contributed by atoms with Gasteiger partial charge in [0, 0.05) is 11.1 Å². The first-order valence-electron chi connectivity index (χ1n) is 6.95. The minimum Gasteiger partial charge on any atom is -0.481 e. The normalized spacial score (nSPS) is 11.9. The lowest BCUT2D eigenvalue weighted by atomic mass is 10.2. The Kier molecular flexibility index (Phi) is 5.86. The topological polar surface area (TPSA) is 93.8 Å². The number of nitrogens with zero attached hydrogens (tertiary/aromatic N) is 2. The van der Waals surface area contributed by atoms with Gasteiger partial charge in [0.25, 0.3) is 11.6 Å². The molecule has 2 aromatic carbocycles. The Bertz CT molecular complexity index is 762. The van der Waals surface area contributed by atoms with Crippen LogP contribution in [0.3, 0.4) is 0 Å². The predicted octanol–water partition coefficient (Wildman–Crippen LogP) is 3.17. The van der Waals surface area contributed by atoms with Gasteiger partial charge in [-0.2, -0.15) is 5.10 Å². The average Bonchev–Trinajstić information content (AvgIpc) is 2.56. The largest absolute Gasteiger partial charge is 0.481 e. The fourth-order valence-corrected chi connectivity index (χ4v) is 1.86. The van der Waals surface area contributed by atoms with Crippen LogP contribution >= 0.6 is 11.6 Å². The molecule has 0 aliphatic heterocycles. The molecule has 0 aromatic heterocycles. The van der Waals surface area contributed by atoms with Crippen molar-refractivity contribution in [2.24, 2.45) is 5.10 Å². The molecule has 1 amide bonds. The van der Waals surface area contributed by atoms with Crippen LogP contribution in [0.4, 0.5) is 5.69 Å². The van der Waals surface area contributed by atoms with E-state index in [1.54, 1.807) is 24.3 Å². The first-order chi connectivity index (χ1) is 11.5. The summed E-state index contributed by atoms with van der Waals surface area (Å²) < 4.78 is 5.38. The minimum absolute atomic E-state index is 0.110. The second kappa shape index (κ2) is 8.07. The lowest BCUT2D eigenvalue weighted by molar-refractivity contribution is -0.384. The molecule has 0 saturated carbocycles. The summed E-state index contributed by atoms with van der Waals surface area (Å²) in [4.78, 5) is 22.1. The Balaban J connectivity index is 1.91. The number of hydrazone groups is 1. The van der Waals surface area contributed by atoms with Gasteiger partial charge in [-0.05, 0) is 30.7 Å². The average molecular weight is 348 g/mol. The Morgan fingerprint density at radius 1 is 1.33 bits per heavy atom. The highest BCUT2D eigenvalue weighted by atomic mass is 35.5. The van der Waals surface area contributed by atoms with E-state index in [4.69, 9.17) is 16.3 Å². The van der Waals surface area contributed by atoms with Gasteiger partial charge < -0.3 is 4.74 Å². The highest BCUT2D eigenvalue weighted by Gasteiger charge is 2.15. The second-order valence-corrected chi connectivity index (χ2v) is 5.24. The van der Waals surface area contributed by atoms with E-state index in [2.05, 4.69) is 10.5 Å². The van der Waals surface area contributed by atoms with Crippen molar-refractivity contribution in [3.63, 3.8) is 0 Å². The molecule has 0 bridgehead atoms. The lowest BCUT2D eigenvalue weighted by Crippen LogP contribution is -2.33. The van der Waals surface area contributed by atoms with E-state index in [0.717, 1.165) is 5.56 Å². The first kappa shape index (κ1) is 17.4. The van der Waals surface area contributed by atoms with Crippen LogP contribution in [-0.4, -0.2) is 23.1 Å². The fraction of sp³-hybridized carbons (Fsp3) is 0.125. The number of carbonyl (C=O) groups is 1. The number of non-ortho nitro benzene ring substituents is 1. The molecule has 0 saturated heterocycles. The van der Waals surface area contributed by atoms with Crippen LogP contribution in [-0.2, 0) is 4.79 Å². The quantitative estimate of drug-likeness (QED) is 0.493. The number of nitro benzene ring substituents is 1. The highest BCUT2D eigenvalue weighted by Crippen LogP contribution is 2.20. The van der Waals surface area contributed by atoms with Gasteiger partial charge >= 0.3 is 0 Å². The van der Waals surface area contributed by atoms with E-state index in [1.165, 1.54) is 37.4 Å². The molecule has 0 fully saturated rings. The van der Waals surface area contributed by atoms with Crippen LogP contribution in [0.15, 0.2) is 53.6 Å². The molecule has 0 aliphatic rings. The number of carbonyl (C=O) groups excluding carboxylic acids is 1. The van der Waals surface area contributed by atoms with E-state index >= 15 is 0 Å². The zero-order valence-electron chi connectivity index (χ0n) is 12.7. The van der Waals surface area contributed by atoms with Gasteiger partial charge in [0.15, 0.2) is 6.10 Å². The van der Waals surface area contributed by atoms with E-state index < -0.39 is 16.9 Å². The Hall–Kier alpha value is -2.93. The molecular formula is C16H14ClN3O4. The van der Waals surface area contributed by atoms with Crippen LogP contribution in [0.1, 0.15) is 12.5 Å². The minimum atomic E-state index is -0.866. The smallest absolute Gasteiger partial charge is 0.280 e. The molecule has 1 atom stereocenters. The van der Waals surface area contributed by atoms with Crippen molar-refractivity contribution >= 4 is 29.4 Å². The van der Waals surface area contributed by atoms with Crippen molar-refractivity contribution in [3.05, 3.63) is 69.2 Å². The monoisotopic (exact) mass is 347 g/mol. The van der Waals surface area contributed by atoms with Gasteiger partial charge in [-0.15, -0.1) is 0 Å². The summed E-state index contributed by atoms with van der Waals surface area (Å²) in [5.74, 6) is -0.250. The summed E-state index contributed by atoms with van der Waals surface area (Å²) in [6, 6.07) is 12.5. The van der Waals surface area contributed by atoms with E-state index in [9.17, 15) is 14.9 Å². The van der Waals surface area contributed by atoms with Crippen molar-refractivity contribution in [2.75, 3.05) is 0 Å². The Labute approximate surface area is 143 Å². The van der Waals surface area contributed by atoms with Gasteiger partial charge in [0.1, 0.15) is 5.75 Å². The number of benzene rings is 2. The summed E-state index contributed by atoms with van der Waals surface area (Å²) in [7, 11) is 0. The molecule has 1 N–H and O–H groups in total. The van der Waals surface area contributed by atoms with Crippen LogP contribution in [0.25, 0.3) is 0 Å². The third-order valence-corrected chi connectivity index (χ3v) is 3.22. The molecule has 8 heteroatoms. The van der Waals surface area contributed by atoms with Crippen LogP contribution in [0.5, 0.6) is 5.75 Å². The third-order valence-electron chi connectivity index (χ3n) is 2.97. The standard InChI is InChI=1S/C16H14ClN3O4/c1-11(24-15-4-2-3-14(9-15)20(22)23)16(21)19-18-10-12-5-7-13(17)8-6-12/h2-11H,1H3,(H,19,21)/b18-10-/t11-/m0/s1. The summed E-state index contributed by atoms with van der Waals surface area (Å²) in [6.07, 6.45) is 0.600. The number of hydrogen-bond acceptors (Lipinski definition) is 5. The molecular weight excluding hydrogens is 334 g/mol.